The van der Waals surface area contributed by atoms with Crippen LogP contribution in [0.1, 0.15) is 79.1 Å². The highest BCUT2D eigenvalue weighted by atomic mass is 16.1. The molecule has 0 N–H and O–H groups in total. The van der Waals surface area contributed by atoms with Gasteiger partial charge in [-0.1, -0.05) is 34.1 Å². The molecule has 0 aromatic carbocycles. The van der Waals surface area contributed by atoms with Gasteiger partial charge in [0.15, 0.2) is 0 Å². The average Bonchev–Trinajstić information content (AvgIpc) is 2.85. The molecule has 23 heavy (non-hydrogen) atoms. The highest BCUT2D eigenvalue weighted by molar-refractivity contribution is 5.94. The quantitative estimate of drug-likeness (QED) is 0.643. The van der Waals surface area contributed by atoms with E-state index in [0.717, 1.165) is 18.8 Å². The zero-order chi connectivity index (χ0) is 16.6. The van der Waals surface area contributed by atoms with Crippen LogP contribution in [-0.4, -0.2) is 11.6 Å². The Labute approximate surface area is 140 Å². The summed E-state index contributed by atoms with van der Waals surface area (Å²) in [4.78, 5) is 25.7. The summed E-state index contributed by atoms with van der Waals surface area (Å²) in [5, 5.41) is 0. The Morgan fingerprint density at radius 3 is 2.39 bits per heavy atom. The fourth-order valence-corrected chi connectivity index (χ4v) is 7.74. The molecule has 4 saturated carbocycles. The van der Waals surface area contributed by atoms with E-state index in [0.29, 0.717) is 35.2 Å². The van der Waals surface area contributed by atoms with E-state index in [1.54, 1.807) is 0 Å². The van der Waals surface area contributed by atoms with Crippen LogP contribution in [0.15, 0.2) is 0 Å². The number of carbonyl (C=O) groups is 2. The van der Waals surface area contributed by atoms with Crippen LogP contribution >= 0.6 is 0 Å². The monoisotopic (exact) mass is 316 g/mol. The van der Waals surface area contributed by atoms with E-state index in [4.69, 9.17) is 0 Å². The standard InChI is InChI=1S/C21H32O2/c1-19(2)17(23)8-11-21(4)15-7-10-20(3)9-5-6-14(20)13(15)12-16(22)18(19)21/h13-15,18H,5-12H2,1-4H3/t13-,14+,15-,18-,20+,21+/m0/s1. The summed E-state index contributed by atoms with van der Waals surface area (Å²) in [5.41, 5.74) is 0.0947. The molecular formula is C21H32O2. The summed E-state index contributed by atoms with van der Waals surface area (Å²) in [6.07, 6.45) is 9.03. The van der Waals surface area contributed by atoms with Crippen molar-refractivity contribution < 1.29 is 9.59 Å². The fraction of sp³-hybridized carbons (Fsp3) is 0.905. The Bertz CT molecular complexity index is 562. The second-order valence-electron chi connectivity index (χ2n) is 10.2. The second-order valence-corrected chi connectivity index (χ2v) is 10.2. The first-order valence-corrected chi connectivity index (χ1v) is 9.76. The molecule has 4 aliphatic rings. The van der Waals surface area contributed by atoms with Gasteiger partial charge in [0.25, 0.3) is 0 Å². The molecule has 128 valence electrons. The Morgan fingerprint density at radius 2 is 1.65 bits per heavy atom. The predicted octanol–water partition coefficient (Wildman–Crippen LogP) is 4.80. The van der Waals surface area contributed by atoms with E-state index < -0.39 is 5.41 Å². The van der Waals surface area contributed by atoms with Crippen LogP contribution in [0, 0.1) is 39.9 Å². The van der Waals surface area contributed by atoms with Crippen molar-refractivity contribution in [1.82, 2.24) is 0 Å². The van der Waals surface area contributed by atoms with E-state index in [-0.39, 0.29) is 11.3 Å². The first kappa shape index (κ1) is 15.8. The van der Waals surface area contributed by atoms with Crippen molar-refractivity contribution in [3.63, 3.8) is 0 Å². The summed E-state index contributed by atoms with van der Waals surface area (Å²) >= 11 is 0. The third-order valence-corrected chi connectivity index (χ3v) is 8.81. The molecule has 0 radical (unpaired) electrons. The number of hydrogen-bond donors (Lipinski definition) is 0. The molecule has 0 saturated heterocycles. The molecule has 2 nitrogen and oxygen atoms in total. The Kier molecular flexibility index (Phi) is 3.24. The maximum atomic E-state index is 13.2. The molecule has 0 aliphatic heterocycles. The van der Waals surface area contributed by atoms with Gasteiger partial charge in [0, 0.05) is 24.2 Å². The van der Waals surface area contributed by atoms with Crippen LogP contribution in [0.25, 0.3) is 0 Å². The molecule has 4 aliphatic carbocycles. The van der Waals surface area contributed by atoms with Crippen LogP contribution in [0.5, 0.6) is 0 Å². The van der Waals surface area contributed by atoms with Gasteiger partial charge in [-0.15, -0.1) is 0 Å². The zero-order valence-corrected chi connectivity index (χ0v) is 15.3. The van der Waals surface area contributed by atoms with Gasteiger partial charge in [-0.25, -0.2) is 0 Å². The summed E-state index contributed by atoms with van der Waals surface area (Å²) in [5.74, 6) is 2.69. The molecule has 0 bridgehead atoms. The summed E-state index contributed by atoms with van der Waals surface area (Å²) in [6.45, 7) is 8.92. The number of rotatable bonds is 0. The summed E-state index contributed by atoms with van der Waals surface area (Å²) < 4.78 is 0. The van der Waals surface area contributed by atoms with Crippen molar-refractivity contribution in [2.45, 2.75) is 79.1 Å². The molecular weight excluding hydrogens is 284 g/mol. The minimum absolute atomic E-state index is 0.0386. The van der Waals surface area contributed by atoms with Crippen molar-refractivity contribution in [2.75, 3.05) is 0 Å². The molecule has 0 aromatic rings. The number of Topliss-reactive ketones (excluding diaryl/α,β-unsaturated/α-hetero) is 2. The maximum absolute atomic E-state index is 13.2. The van der Waals surface area contributed by atoms with Crippen molar-refractivity contribution in [3.05, 3.63) is 0 Å². The third kappa shape index (κ3) is 1.93. The topological polar surface area (TPSA) is 34.1 Å². The number of fused-ring (bicyclic) bond motifs is 5. The van der Waals surface area contributed by atoms with Gasteiger partial charge in [-0.2, -0.15) is 0 Å². The Hall–Kier alpha value is -0.660. The van der Waals surface area contributed by atoms with Crippen molar-refractivity contribution >= 4 is 11.6 Å². The largest absolute Gasteiger partial charge is 0.299 e. The van der Waals surface area contributed by atoms with E-state index in [1.807, 2.05) is 13.8 Å². The highest BCUT2D eigenvalue weighted by Gasteiger charge is 2.64. The van der Waals surface area contributed by atoms with Gasteiger partial charge in [0.2, 0.25) is 0 Å². The first-order valence-electron chi connectivity index (χ1n) is 9.76. The lowest BCUT2D eigenvalue weighted by atomic mass is 9.41. The Balaban J connectivity index is 1.75. The van der Waals surface area contributed by atoms with Crippen molar-refractivity contribution in [2.24, 2.45) is 39.9 Å². The lowest BCUT2D eigenvalue weighted by molar-refractivity contribution is -0.173. The van der Waals surface area contributed by atoms with Gasteiger partial charge >= 0.3 is 0 Å². The minimum Gasteiger partial charge on any atom is -0.299 e. The third-order valence-electron chi connectivity index (χ3n) is 8.81. The zero-order valence-electron chi connectivity index (χ0n) is 15.3. The maximum Gasteiger partial charge on any atom is 0.139 e. The first-order chi connectivity index (χ1) is 10.7. The van der Waals surface area contributed by atoms with Crippen molar-refractivity contribution in [1.29, 1.82) is 0 Å². The minimum atomic E-state index is -0.453. The highest BCUT2D eigenvalue weighted by Crippen LogP contribution is 2.67. The fourth-order valence-electron chi connectivity index (χ4n) is 7.74. The molecule has 2 heteroatoms. The molecule has 0 heterocycles. The van der Waals surface area contributed by atoms with Crippen LogP contribution < -0.4 is 0 Å². The molecule has 0 amide bonds. The molecule has 4 rings (SSSR count). The van der Waals surface area contributed by atoms with Crippen LogP contribution in [0.3, 0.4) is 0 Å². The summed E-state index contributed by atoms with van der Waals surface area (Å²) in [6, 6.07) is 0. The van der Waals surface area contributed by atoms with Crippen molar-refractivity contribution in [3.8, 4) is 0 Å². The van der Waals surface area contributed by atoms with Crippen LogP contribution in [-0.2, 0) is 9.59 Å². The van der Waals surface area contributed by atoms with Crippen LogP contribution in [0.4, 0.5) is 0 Å². The normalized spacial score (nSPS) is 51.8. The van der Waals surface area contributed by atoms with Gasteiger partial charge in [-0.3, -0.25) is 9.59 Å². The lowest BCUT2D eigenvalue weighted by Gasteiger charge is -2.61. The van der Waals surface area contributed by atoms with Gasteiger partial charge in [-0.05, 0) is 60.7 Å². The van der Waals surface area contributed by atoms with Gasteiger partial charge in [0.1, 0.15) is 11.6 Å². The number of hydrogen-bond acceptors (Lipinski definition) is 2. The molecule has 4 fully saturated rings. The lowest BCUT2D eigenvalue weighted by Crippen LogP contribution is -2.61. The predicted molar refractivity (Wildman–Crippen MR) is 90.9 cm³/mol. The molecule has 0 unspecified atom stereocenters. The van der Waals surface area contributed by atoms with E-state index >= 15 is 0 Å². The number of ketones is 2. The second kappa shape index (κ2) is 4.70. The smallest absolute Gasteiger partial charge is 0.139 e. The van der Waals surface area contributed by atoms with E-state index in [2.05, 4.69) is 13.8 Å². The molecule has 0 spiro atoms. The average molecular weight is 316 g/mol. The molecule has 6 atom stereocenters. The van der Waals surface area contributed by atoms with Gasteiger partial charge < -0.3 is 0 Å². The van der Waals surface area contributed by atoms with E-state index in [1.165, 1.54) is 32.1 Å². The SMILES string of the molecule is CC1(C)C(=O)CC[C@]2(C)[C@H]3CC[C@@]4(C)CCC[C@@H]4[C@@H]3CC(=O)[C@@H]12. The number of carbonyl (C=O) groups excluding carboxylic acids is 2. The molecule has 0 aromatic heterocycles. The van der Waals surface area contributed by atoms with Crippen LogP contribution in [0.2, 0.25) is 0 Å². The Morgan fingerprint density at radius 1 is 0.913 bits per heavy atom. The van der Waals surface area contributed by atoms with Gasteiger partial charge in [0.05, 0.1) is 0 Å². The summed E-state index contributed by atoms with van der Waals surface area (Å²) in [7, 11) is 0. The van der Waals surface area contributed by atoms with E-state index in [9.17, 15) is 9.59 Å².